The summed E-state index contributed by atoms with van der Waals surface area (Å²) in [5.74, 6) is 0.880. The SMILES string of the molecule is Cc1cc(C(C)(C)C)n[nH]1.Cc1cc(C(C)(C)C)no1.Cc1ccc(C(C)(C)C)cc1C.Cc1cccc(C(C)(C)C)c1.Cc1ccnc(C(C)(C)C)c1.Cc1cnc(C(C)(C)C)cc1C. The number of nitrogens with zero attached hydrogens (tertiary/aromatic N) is 4. The molecule has 6 nitrogen and oxygen atoms in total. The standard InChI is InChI=1S/C12H18.C11H17N.C11H16.C10H15N.C8H14N2.C8H13NO/c1-9-6-7-11(8-10(9)2)12(3,4)5;1-8-6-10(11(3,4)5)12-7-9(8)2;1-9-6-5-7-10(8-9)11(2,3)4;1-8-5-6-11-9(7-8)10(2,3)4;1-6-5-7(10-9-6)8(2,3)4;1-6-5-7(9-10-6)8(2,3)4/h6-8H,1-5H3;6-7H,1-5H3;5-8H,1-4H3;5-7H,1-4H3;5H,1-4H3,(H,9,10);5H,1-4H3. The van der Waals surface area contributed by atoms with E-state index in [1.165, 1.54) is 50.2 Å². The quantitative estimate of drug-likeness (QED) is 0.164. The zero-order valence-electron chi connectivity index (χ0n) is 46.8. The van der Waals surface area contributed by atoms with Crippen molar-refractivity contribution >= 4 is 0 Å². The van der Waals surface area contributed by atoms with Crippen molar-refractivity contribution in [1.29, 1.82) is 0 Å². The molecule has 0 aliphatic carbocycles. The summed E-state index contributed by atoms with van der Waals surface area (Å²) in [7, 11) is 0. The second-order valence-electron chi connectivity index (χ2n) is 24.3. The number of hydrogen-bond acceptors (Lipinski definition) is 5. The predicted octanol–water partition coefficient (Wildman–Crippen LogP) is 16.9. The molecule has 0 saturated heterocycles. The van der Waals surface area contributed by atoms with Crippen molar-refractivity contribution in [3.8, 4) is 0 Å². The van der Waals surface area contributed by atoms with Gasteiger partial charge in [-0.1, -0.05) is 178 Å². The highest BCUT2D eigenvalue weighted by Gasteiger charge is 2.19. The number of H-pyrrole nitrogens is 1. The van der Waals surface area contributed by atoms with Gasteiger partial charge in [0.25, 0.3) is 0 Å². The first-order chi connectivity index (χ1) is 29.8. The molecule has 364 valence electrons. The van der Waals surface area contributed by atoms with Gasteiger partial charge in [-0.05, 0) is 129 Å². The Labute approximate surface area is 404 Å². The molecule has 2 aromatic carbocycles. The van der Waals surface area contributed by atoms with Crippen molar-refractivity contribution < 1.29 is 4.52 Å². The number of hydrogen-bond donors (Lipinski definition) is 1. The number of aromatic nitrogens is 5. The molecular weight excluding hydrogens is 807 g/mol. The fourth-order valence-corrected chi connectivity index (χ4v) is 5.82. The van der Waals surface area contributed by atoms with E-state index in [4.69, 9.17) is 4.52 Å². The van der Waals surface area contributed by atoms with Crippen LogP contribution in [0.4, 0.5) is 0 Å². The Bertz CT molecular complexity index is 2180. The molecule has 0 aliphatic rings. The Morgan fingerprint density at radius 3 is 1.21 bits per heavy atom. The molecular formula is C60H93N5O. The van der Waals surface area contributed by atoms with Crippen molar-refractivity contribution in [2.45, 2.75) is 213 Å². The Kier molecular flexibility index (Phi) is 21.8. The maximum absolute atomic E-state index is 4.94. The van der Waals surface area contributed by atoms with E-state index >= 15 is 0 Å². The molecule has 0 spiro atoms. The first-order valence-corrected chi connectivity index (χ1v) is 23.8. The number of benzene rings is 2. The van der Waals surface area contributed by atoms with Crippen molar-refractivity contribution in [3.05, 3.63) is 164 Å². The van der Waals surface area contributed by atoms with E-state index < -0.39 is 0 Å². The highest BCUT2D eigenvalue weighted by atomic mass is 16.5. The largest absolute Gasteiger partial charge is 0.361 e. The normalized spacial score (nSPS) is 11.8. The molecule has 6 aromatic rings. The molecule has 4 heterocycles. The predicted molar refractivity (Wildman–Crippen MR) is 287 cm³/mol. The maximum atomic E-state index is 4.94. The molecule has 0 saturated carbocycles. The number of pyridine rings is 2. The molecule has 6 rings (SSSR count). The third-order valence-corrected chi connectivity index (χ3v) is 11.0. The van der Waals surface area contributed by atoms with Crippen LogP contribution in [0.2, 0.25) is 0 Å². The highest BCUT2D eigenvalue weighted by Crippen LogP contribution is 2.26. The first kappa shape index (κ1) is 59.2. The van der Waals surface area contributed by atoms with Crippen LogP contribution in [0.15, 0.2) is 89.7 Å². The first-order valence-electron chi connectivity index (χ1n) is 23.8. The van der Waals surface area contributed by atoms with Crippen molar-refractivity contribution in [2.75, 3.05) is 0 Å². The fourth-order valence-electron chi connectivity index (χ4n) is 5.82. The smallest absolute Gasteiger partial charge is 0.133 e. The molecule has 6 heteroatoms. The summed E-state index contributed by atoms with van der Waals surface area (Å²) in [5.41, 5.74) is 17.6. The lowest BCUT2D eigenvalue weighted by Gasteiger charge is -2.19. The van der Waals surface area contributed by atoms with Crippen LogP contribution in [0.3, 0.4) is 0 Å². The van der Waals surface area contributed by atoms with Crippen LogP contribution < -0.4 is 0 Å². The summed E-state index contributed by atoms with van der Waals surface area (Å²) in [6, 6.07) is 25.8. The molecule has 1 N–H and O–H groups in total. The minimum atomic E-state index is 0.109. The van der Waals surface area contributed by atoms with Gasteiger partial charge in [0.15, 0.2) is 0 Å². The third-order valence-electron chi connectivity index (χ3n) is 11.0. The molecule has 0 unspecified atom stereocenters. The van der Waals surface area contributed by atoms with Crippen LogP contribution in [-0.2, 0) is 32.5 Å². The summed E-state index contributed by atoms with van der Waals surface area (Å²) in [4.78, 5) is 8.72. The molecule has 66 heavy (non-hydrogen) atoms. The van der Waals surface area contributed by atoms with Crippen LogP contribution in [0.5, 0.6) is 0 Å². The van der Waals surface area contributed by atoms with Gasteiger partial charge in [0.2, 0.25) is 0 Å². The summed E-state index contributed by atoms with van der Waals surface area (Å²) in [5, 5.41) is 11.0. The minimum Gasteiger partial charge on any atom is -0.361 e. The molecule has 0 bridgehead atoms. The average molecular weight is 900 g/mol. The summed E-state index contributed by atoms with van der Waals surface area (Å²) < 4.78 is 4.94. The van der Waals surface area contributed by atoms with Crippen LogP contribution in [0, 0.1) is 55.4 Å². The molecule has 0 atom stereocenters. The van der Waals surface area contributed by atoms with Crippen molar-refractivity contribution in [2.24, 2.45) is 0 Å². The van der Waals surface area contributed by atoms with Crippen LogP contribution in [0.25, 0.3) is 0 Å². The summed E-state index contributed by atoms with van der Waals surface area (Å²) in [6.07, 6.45) is 3.83. The fraction of sp³-hybridized carbons (Fsp3) is 0.533. The zero-order chi connectivity index (χ0) is 51.2. The van der Waals surface area contributed by atoms with E-state index in [0.717, 1.165) is 28.5 Å². The molecule has 0 aliphatic heterocycles. The maximum Gasteiger partial charge on any atom is 0.133 e. The van der Waals surface area contributed by atoms with Gasteiger partial charge in [0.05, 0.1) is 11.4 Å². The van der Waals surface area contributed by atoms with Gasteiger partial charge in [-0.2, -0.15) is 5.10 Å². The second kappa shape index (κ2) is 24.3. The Morgan fingerprint density at radius 2 is 0.879 bits per heavy atom. The molecule has 0 radical (unpaired) electrons. The van der Waals surface area contributed by atoms with Crippen molar-refractivity contribution in [3.63, 3.8) is 0 Å². The Balaban J connectivity index is 0.000000397. The van der Waals surface area contributed by atoms with E-state index in [9.17, 15) is 0 Å². The number of nitrogens with one attached hydrogen (secondary N) is 1. The third kappa shape index (κ3) is 22.1. The van der Waals surface area contributed by atoms with Crippen molar-refractivity contribution in [1.82, 2.24) is 25.3 Å². The van der Waals surface area contributed by atoms with Crippen LogP contribution >= 0.6 is 0 Å². The molecule has 0 amide bonds. The zero-order valence-corrected chi connectivity index (χ0v) is 46.8. The van der Waals surface area contributed by atoms with Gasteiger partial charge in [0, 0.05) is 57.2 Å². The van der Waals surface area contributed by atoms with Gasteiger partial charge in [-0.25, -0.2) is 0 Å². The summed E-state index contributed by atoms with van der Waals surface area (Å²) in [6.45, 7) is 56.0. The van der Waals surface area contributed by atoms with E-state index in [2.05, 4.69) is 252 Å². The lowest BCUT2D eigenvalue weighted by molar-refractivity contribution is 0.375. The highest BCUT2D eigenvalue weighted by molar-refractivity contribution is 5.33. The molecule has 0 fully saturated rings. The van der Waals surface area contributed by atoms with Gasteiger partial charge in [0.1, 0.15) is 5.76 Å². The van der Waals surface area contributed by atoms with Gasteiger partial charge in [-0.3, -0.25) is 15.1 Å². The van der Waals surface area contributed by atoms with Crippen LogP contribution in [-0.4, -0.2) is 25.3 Å². The Morgan fingerprint density at radius 1 is 0.394 bits per heavy atom. The average Bonchev–Trinajstić information content (AvgIpc) is 3.82. The van der Waals surface area contributed by atoms with Gasteiger partial charge in [-0.15, -0.1) is 0 Å². The number of rotatable bonds is 0. The lowest BCUT2D eigenvalue weighted by Crippen LogP contribution is -2.13. The Hall–Kier alpha value is -4.84. The van der Waals surface area contributed by atoms with E-state index in [1.54, 1.807) is 0 Å². The second-order valence-corrected chi connectivity index (χ2v) is 24.3. The van der Waals surface area contributed by atoms with E-state index in [-0.39, 0.29) is 32.5 Å². The minimum absolute atomic E-state index is 0.109. The van der Waals surface area contributed by atoms with Gasteiger partial charge >= 0.3 is 0 Å². The van der Waals surface area contributed by atoms with Crippen LogP contribution in [0.1, 0.15) is 203 Å². The summed E-state index contributed by atoms with van der Waals surface area (Å²) >= 11 is 0. The topological polar surface area (TPSA) is 80.5 Å². The molecule has 4 aromatic heterocycles. The number of aromatic amines is 1. The van der Waals surface area contributed by atoms with E-state index in [0.29, 0.717) is 0 Å². The monoisotopic (exact) mass is 900 g/mol. The van der Waals surface area contributed by atoms with E-state index in [1.807, 2.05) is 38.4 Å². The van der Waals surface area contributed by atoms with Gasteiger partial charge < -0.3 is 4.52 Å². The lowest BCUT2D eigenvalue weighted by atomic mass is 9.85. The number of aryl methyl sites for hydroxylation is 8.